The maximum absolute atomic E-state index is 11.7. The molecular weight excluding hydrogens is 350 g/mol. The van der Waals surface area contributed by atoms with E-state index in [0.717, 1.165) is 0 Å². The number of hydrogen-bond acceptors (Lipinski definition) is 7. The van der Waals surface area contributed by atoms with Gasteiger partial charge in [0.25, 0.3) is 5.91 Å². The van der Waals surface area contributed by atoms with E-state index in [4.69, 9.17) is 25.6 Å². The number of rotatable bonds is 9. The second kappa shape index (κ2) is 9.63. The first-order valence-electron chi connectivity index (χ1n) is 7.74. The number of benzene rings is 1. The van der Waals surface area contributed by atoms with Gasteiger partial charge in [-0.05, 0) is 25.5 Å². The molecule has 0 saturated heterocycles. The zero-order valence-electron chi connectivity index (χ0n) is 13.7. The normalized spacial score (nSPS) is 10.3. The van der Waals surface area contributed by atoms with Gasteiger partial charge in [-0.25, -0.2) is 0 Å². The van der Waals surface area contributed by atoms with Crippen LogP contribution in [0.4, 0.5) is 0 Å². The number of carbonyl (C=O) groups is 2. The molecule has 1 N–H and O–H groups in total. The van der Waals surface area contributed by atoms with Gasteiger partial charge in [-0.15, -0.1) is 0 Å². The second-order valence-corrected chi connectivity index (χ2v) is 5.32. The molecule has 1 aromatic heterocycles. The zero-order chi connectivity index (χ0) is 18.1. The molecule has 0 atom stereocenters. The summed E-state index contributed by atoms with van der Waals surface area (Å²) in [5.74, 6) is -0.372. The lowest BCUT2D eigenvalue weighted by Gasteiger charge is -2.04. The second-order valence-electron chi connectivity index (χ2n) is 4.91. The molecule has 1 amide bonds. The molecule has 0 aliphatic carbocycles. The lowest BCUT2D eigenvalue weighted by atomic mass is 10.2. The Labute approximate surface area is 149 Å². The highest BCUT2D eigenvalue weighted by molar-refractivity contribution is 6.33. The summed E-state index contributed by atoms with van der Waals surface area (Å²) in [5.41, 5.74) is 0.603. The first-order chi connectivity index (χ1) is 12.1. The van der Waals surface area contributed by atoms with E-state index in [1.807, 2.05) is 0 Å². The van der Waals surface area contributed by atoms with Crippen molar-refractivity contribution in [3.63, 3.8) is 0 Å². The topological polar surface area (TPSA) is 104 Å². The fourth-order valence-electron chi connectivity index (χ4n) is 1.89. The third-order valence-corrected chi connectivity index (χ3v) is 3.36. The van der Waals surface area contributed by atoms with Crippen LogP contribution in [0, 0.1) is 0 Å². The van der Waals surface area contributed by atoms with Gasteiger partial charge < -0.3 is 14.8 Å². The largest absolute Gasteiger partial charge is 0.466 e. The molecule has 1 heterocycles. The number of aromatic nitrogens is 2. The van der Waals surface area contributed by atoms with Crippen molar-refractivity contribution in [3.8, 4) is 17.5 Å². The molecule has 8 nitrogen and oxygen atoms in total. The maximum atomic E-state index is 11.7. The van der Waals surface area contributed by atoms with Crippen LogP contribution in [0.1, 0.15) is 19.8 Å². The van der Waals surface area contributed by atoms with Gasteiger partial charge >= 0.3 is 12.0 Å². The van der Waals surface area contributed by atoms with E-state index in [0.29, 0.717) is 30.2 Å². The predicted molar refractivity (Wildman–Crippen MR) is 89.1 cm³/mol. The van der Waals surface area contributed by atoms with E-state index in [-0.39, 0.29) is 36.8 Å². The number of hydrogen-bond donors (Lipinski definition) is 1. The molecule has 0 unspecified atom stereocenters. The van der Waals surface area contributed by atoms with Crippen molar-refractivity contribution < 1.29 is 23.6 Å². The molecule has 0 aliphatic heterocycles. The fourth-order valence-corrected chi connectivity index (χ4v) is 2.11. The van der Waals surface area contributed by atoms with E-state index in [2.05, 4.69) is 15.5 Å². The number of halogens is 1. The van der Waals surface area contributed by atoms with Crippen molar-refractivity contribution in [2.24, 2.45) is 0 Å². The van der Waals surface area contributed by atoms with E-state index in [1.165, 1.54) is 0 Å². The Morgan fingerprint density at radius 1 is 1.32 bits per heavy atom. The summed E-state index contributed by atoms with van der Waals surface area (Å²) in [6.45, 7) is 2.16. The maximum Gasteiger partial charge on any atom is 0.418 e. The van der Waals surface area contributed by atoms with Crippen molar-refractivity contribution in [2.75, 3.05) is 19.8 Å². The van der Waals surface area contributed by atoms with Gasteiger partial charge in [-0.1, -0.05) is 28.9 Å². The van der Waals surface area contributed by atoms with E-state index >= 15 is 0 Å². The standard InChI is InChI=1S/C16H18ClN3O5/c1-2-23-14(22)8-5-9-18-13(21)10-24-16-19-15(20-25-16)11-6-3-4-7-12(11)17/h3-4,6-7H,2,5,8-10H2,1H3,(H,18,21). The molecule has 2 rings (SSSR count). The smallest absolute Gasteiger partial charge is 0.418 e. The molecule has 134 valence electrons. The summed E-state index contributed by atoms with van der Waals surface area (Å²) in [4.78, 5) is 26.8. The van der Waals surface area contributed by atoms with Crippen molar-refractivity contribution >= 4 is 23.5 Å². The third-order valence-electron chi connectivity index (χ3n) is 3.03. The van der Waals surface area contributed by atoms with Crippen LogP contribution in [0.25, 0.3) is 11.4 Å². The highest BCUT2D eigenvalue weighted by Crippen LogP contribution is 2.26. The van der Waals surface area contributed by atoms with Crippen LogP contribution in [-0.2, 0) is 14.3 Å². The van der Waals surface area contributed by atoms with Crippen molar-refractivity contribution in [2.45, 2.75) is 19.8 Å². The van der Waals surface area contributed by atoms with Crippen LogP contribution in [0.2, 0.25) is 5.02 Å². The number of carbonyl (C=O) groups excluding carboxylic acids is 2. The summed E-state index contributed by atoms with van der Waals surface area (Å²) in [6, 6.07) is 7.03. The molecule has 9 heteroatoms. The average molecular weight is 368 g/mol. The van der Waals surface area contributed by atoms with E-state index < -0.39 is 0 Å². The first kappa shape index (κ1) is 18.7. The van der Waals surface area contributed by atoms with Gasteiger partial charge in [-0.2, -0.15) is 4.98 Å². The third kappa shape index (κ3) is 6.07. The van der Waals surface area contributed by atoms with Crippen molar-refractivity contribution in [3.05, 3.63) is 29.3 Å². The Morgan fingerprint density at radius 2 is 2.12 bits per heavy atom. The van der Waals surface area contributed by atoms with Crippen LogP contribution >= 0.6 is 11.6 Å². The van der Waals surface area contributed by atoms with Crippen LogP contribution in [0.3, 0.4) is 0 Å². The Balaban J connectivity index is 1.72. The lowest BCUT2D eigenvalue weighted by Crippen LogP contribution is -2.30. The number of amides is 1. The fraction of sp³-hybridized carbons (Fsp3) is 0.375. The Morgan fingerprint density at radius 3 is 2.88 bits per heavy atom. The average Bonchev–Trinajstić information content (AvgIpc) is 3.06. The summed E-state index contributed by atoms with van der Waals surface area (Å²) < 4.78 is 14.9. The van der Waals surface area contributed by atoms with Gasteiger partial charge in [0.1, 0.15) is 0 Å². The summed E-state index contributed by atoms with van der Waals surface area (Å²) in [5, 5.41) is 6.85. The molecular formula is C16H18ClN3O5. The molecule has 2 aromatic rings. The van der Waals surface area contributed by atoms with E-state index in [9.17, 15) is 9.59 Å². The van der Waals surface area contributed by atoms with Gasteiger partial charge in [0.15, 0.2) is 6.61 Å². The number of esters is 1. The minimum atomic E-state index is -0.360. The summed E-state index contributed by atoms with van der Waals surface area (Å²) in [7, 11) is 0. The molecule has 1 aromatic carbocycles. The highest BCUT2D eigenvalue weighted by Gasteiger charge is 2.13. The van der Waals surface area contributed by atoms with Crippen molar-refractivity contribution in [1.82, 2.24) is 15.5 Å². The Bertz CT molecular complexity index is 719. The molecule has 25 heavy (non-hydrogen) atoms. The molecule has 0 fully saturated rings. The molecule has 0 spiro atoms. The Hall–Kier alpha value is -2.61. The van der Waals surface area contributed by atoms with Crippen LogP contribution < -0.4 is 10.1 Å². The molecule has 0 radical (unpaired) electrons. The Kier molecular flexibility index (Phi) is 7.21. The summed E-state index contributed by atoms with van der Waals surface area (Å²) in [6.07, 6.45) is 0.610. The van der Waals surface area contributed by atoms with Crippen LogP contribution in [0.15, 0.2) is 28.8 Å². The SMILES string of the molecule is CCOC(=O)CCCNC(=O)COc1nc(-c2ccccc2Cl)no1. The van der Waals surface area contributed by atoms with Gasteiger partial charge in [0.05, 0.1) is 11.6 Å². The van der Waals surface area contributed by atoms with E-state index in [1.54, 1.807) is 31.2 Å². The molecule has 0 bridgehead atoms. The molecule has 0 saturated carbocycles. The number of nitrogens with zero attached hydrogens (tertiary/aromatic N) is 2. The zero-order valence-corrected chi connectivity index (χ0v) is 14.4. The summed E-state index contributed by atoms with van der Waals surface area (Å²) >= 11 is 6.05. The predicted octanol–water partition coefficient (Wildman–Crippen LogP) is 2.23. The minimum Gasteiger partial charge on any atom is -0.466 e. The minimum absolute atomic E-state index is 0.128. The van der Waals surface area contributed by atoms with Gasteiger partial charge in [0, 0.05) is 18.5 Å². The highest BCUT2D eigenvalue weighted by atomic mass is 35.5. The molecule has 0 aliphatic rings. The quantitative estimate of drug-likeness (QED) is 0.535. The van der Waals surface area contributed by atoms with Crippen molar-refractivity contribution in [1.29, 1.82) is 0 Å². The monoisotopic (exact) mass is 367 g/mol. The first-order valence-corrected chi connectivity index (χ1v) is 8.11. The number of nitrogens with one attached hydrogen (secondary N) is 1. The lowest BCUT2D eigenvalue weighted by molar-refractivity contribution is -0.143. The van der Waals surface area contributed by atoms with Crippen LogP contribution in [-0.4, -0.2) is 41.8 Å². The number of ether oxygens (including phenoxy) is 2. The van der Waals surface area contributed by atoms with Gasteiger partial charge in [0.2, 0.25) is 5.82 Å². The van der Waals surface area contributed by atoms with Crippen LogP contribution in [0.5, 0.6) is 6.08 Å². The van der Waals surface area contributed by atoms with Gasteiger partial charge in [-0.3, -0.25) is 14.1 Å².